The molecule has 0 spiro atoms. The van der Waals surface area contributed by atoms with Gasteiger partial charge in [-0.2, -0.15) is 0 Å². The van der Waals surface area contributed by atoms with Crippen molar-refractivity contribution in [2.75, 3.05) is 6.54 Å². The van der Waals surface area contributed by atoms with Crippen molar-refractivity contribution in [1.82, 2.24) is 5.32 Å². The quantitative estimate of drug-likeness (QED) is 0.538. The van der Waals surface area contributed by atoms with E-state index in [0.717, 1.165) is 42.4 Å². The van der Waals surface area contributed by atoms with Crippen LogP contribution in [0.1, 0.15) is 56.6 Å². The Bertz CT molecular complexity index is 596. The van der Waals surface area contributed by atoms with Crippen molar-refractivity contribution in [3.63, 3.8) is 0 Å². The van der Waals surface area contributed by atoms with E-state index in [1.54, 1.807) is 0 Å². The van der Waals surface area contributed by atoms with Crippen LogP contribution in [0, 0.1) is 6.92 Å². The summed E-state index contributed by atoms with van der Waals surface area (Å²) in [6.07, 6.45) is 6.32. The van der Waals surface area contributed by atoms with Crippen LogP contribution in [-0.4, -0.2) is 24.4 Å². The molecule has 0 radical (unpaired) electrons. The van der Waals surface area contributed by atoms with Crippen LogP contribution in [0.25, 0.3) is 5.57 Å². The van der Waals surface area contributed by atoms with E-state index in [0.29, 0.717) is 19.4 Å². The number of nitrogens with one attached hydrogen (secondary N) is 1. The van der Waals surface area contributed by atoms with Gasteiger partial charge < -0.3 is 16.8 Å². The summed E-state index contributed by atoms with van der Waals surface area (Å²) in [6, 6.07) is 7.33. The first-order valence-electron chi connectivity index (χ1n) is 9.03. The molecule has 1 aromatic rings. The zero-order valence-corrected chi connectivity index (χ0v) is 15.4. The first-order chi connectivity index (χ1) is 12.0. The smallest absolute Gasteiger partial charge is 0.240 e. The van der Waals surface area contributed by atoms with Crippen molar-refractivity contribution in [3.05, 3.63) is 41.5 Å². The highest BCUT2D eigenvalue weighted by Gasteiger charge is 2.20. The molecule has 5 nitrogen and oxygen atoms in total. The van der Waals surface area contributed by atoms with Crippen LogP contribution >= 0.6 is 0 Å². The molecule has 0 aliphatic carbocycles. The fourth-order valence-corrected chi connectivity index (χ4v) is 2.80. The van der Waals surface area contributed by atoms with Crippen LogP contribution < -0.4 is 16.8 Å². The van der Waals surface area contributed by atoms with Crippen LogP contribution in [0.5, 0.6) is 0 Å². The van der Waals surface area contributed by atoms with E-state index in [1.807, 2.05) is 38.1 Å². The van der Waals surface area contributed by atoms with E-state index in [9.17, 15) is 9.59 Å². The molecule has 1 aromatic carbocycles. The maximum Gasteiger partial charge on any atom is 0.240 e. The van der Waals surface area contributed by atoms with Gasteiger partial charge in [0.25, 0.3) is 0 Å². The van der Waals surface area contributed by atoms with E-state index in [2.05, 4.69) is 11.4 Å². The van der Waals surface area contributed by atoms with Crippen molar-refractivity contribution >= 4 is 17.4 Å². The molecular formula is C20H31N3O2. The number of amides is 2. The zero-order chi connectivity index (χ0) is 18.7. The molecule has 0 fully saturated rings. The van der Waals surface area contributed by atoms with Crippen LogP contribution in [0.15, 0.2) is 30.3 Å². The fraction of sp³-hybridized carbons (Fsp3) is 0.500. The van der Waals surface area contributed by atoms with Gasteiger partial charge in [0.1, 0.15) is 6.04 Å². The van der Waals surface area contributed by atoms with Crippen molar-refractivity contribution in [2.24, 2.45) is 11.5 Å². The maximum absolute atomic E-state index is 12.1. The summed E-state index contributed by atoms with van der Waals surface area (Å²) in [6.45, 7) is 4.72. The van der Waals surface area contributed by atoms with E-state index in [4.69, 9.17) is 11.5 Å². The van der Waals surface area contributed by atoms with Crippen molar-refractivity contribution in [3.8, 4) is 0 Å². The molecule has 0 aliphatic rings. The lowest BCUT2D eigenvalue weighted by molar-refractivity contribution is -0.127. The van der Waals surface area contributed by atoms with Crippen molar-refractivity contribution in [1.29, 1.82) is 0 Å². The first-order valence-corrected chi connectivity index (χ1v) is 9.03. The van der Waals surface area contributed by atoms with Gasteiger partial charge in [-0.1, -0.05) is 43.7 Å². The number of benzene rings is 1. The minimum Gasteiger partial charge on any atom is -0.368 e. The van der Waals surface area contributed by atoms with Gasteiger partial charge in [0.2, 0.25) is 11.8 Å². The first kappa shape index (κ1) is 20.9. The Balaban J connectivity index is 2.77. The molecule has 5 N–H and O–H groups in total. The molecule has 138 valence electrons. The molecule has 0 aromatic heterocycles. The predicted molar refractivity (Wildman–Crippen MR) is 103 cm³/mol. The number of aryl methyl sites for hydroxylation is 1. The normalized spacial score (nSPS) is 12.7. The molecule has 25 heavy (non-hydrogen) atoms. The third-order valence-corrected chi connectivity index (χ3v) is 4.15. The van der Waals surface area contributed by atoms with Crippen molar-refractivity contribution in [2.45, 2.75) is 58.4 Å². The van der Waals surface area contributed by atoms with Gasteiger partial charge >= 0.3 is 0 Å². The standard InChI is InChI=1S/C20H31N3O2/c1-3-9-16(17-11-7-6-10-15(17)2)14-18(20(22)25)23-19(24)12-5-4-8-13-21/h6-7,9-11,18H,3-5,8,12-14,21H2,1-2H3,(H2,22,25)(H,23,24)/b16-9-. The second-order valence-electron chi connectivity index (χ2n) is 6.28. The Morgan fingerprint density at radius 1 is 1.20 bits per heavy atom. The highest BCUT2D eigenvalue weighted by atomic mass is 16.2. The third-order valence-electron chi connectivity index (χ3n) is 4.15. The average molecular weight is 345 g/mol. The summed E-state index contributed by atoms with van der Waals surface area (Å²) in [5, 5.41) is 2.79. The molecule has 5 heteroatoms. The molecule has 1 rings (SSSR count). The molecule has 0 saturated heterocycles. The maximum atomic E-state index is 12.1. The van der Waals surface area contributed by atoms with Crippen LogP contribution in [-0.2, 0) is 9.59 Å². The largest absolute Gasteiger partial charge is 0.368 e. The molecule has 2 amide bonds. The Morgan fingerprint density at radius 3 is 2.52 bits per heavy atom. The lowest BCUT2D eigenvalue weighted by Crippen LogP contribution is -2.44. The predicted octanol–water partition coefficient (Wildman–Crippen LogP) is 2.67. The minimum atomic E-state index is -0.695. The van der Waals surface area contributed by atoms with Crippen LogP contribution in [0.2, 0.25) is 0 Å². The number of hydrogen-bond acceptors (Lipinski definition) is 3. The molecule has 0 saturated carbocycles. The monoisotopic (exact) mass is 345 g/mol. The number of nitrogens with two attached hydrogens (primary N) is 2. The Labute approximate surface area is 150 Å². The molecule has 0 heterocycles. The highest BCUT2D eigenvalue weighted by Crippen LogP contribution is 2.24. The van der Waals surface area contributed by atoms with Crippen LogP contribution in [0.4, 0.5) is 0 Å². The van der Waals surface area contributed by atoms with Gasteiger partial charge in [-0.05, 0) is 49.4 Å². The molecule has 1 atom stereocenters. The summed E-state index contributed by atoms with van der Waals surface area (Å²) in [7, 11) is 0. The third kappa shape index (κ3) is 7.52. The van der Waals surface area contributed by atoms with Crippen LogP contribution in [0.3, 0.4) is 0 Å². The number of allylic oxidation sites excluding steroid dienone is 1. The van der Waals surface area contributed by atoms with E-state index >= 15 is 0 Å². The molecule has 0 bridgehead atoms. The summed E-state index contributed by atoms with van der Waals surface area (Å²) in [4.78, 5) is 23.9. The molecule has 0 aliphatic heterocycles. The van der Waals surface area contributed by atoms with Gasteiger partial charge in [-0.3, -0.25) is 9.59 Å². The number of carbonyl (C=O) groups excluding carboxylic acids is 2. The number of unbranched alkanes of at least 4 members (excludes halogenated alkanes) is 2. The van der Waals surface area contributed by atoms with Gasteiger partial charge in [0.05, 0.1) is 0 Å². The number of rotatable bonds is 11. The summed E-state index contributed by atoms with van der Waals surface area (Å²) in [5.41, 5.74) is 14.2. The fourth-order valence-electron chi connectivity index (χ4n) is 2.80. The topological polar surface area (TPSA) is 98.2 Å². The number of primary amides is 1. The van der Waals surface area contributed by atoms with E-state index in [1.165, 1.54) is 0 Å². The zero-order valence-electron chi connectivity index (χ0n) is 15.4. The van der Waals surface area contributed by atoms with Gasteiger partial charge in [0.15, 0.2) is 0 Å². The summed E-state index contributed by atoms with van der Waals surface area (Å²) in [5.74, 6) is -0.646. The average Bonchev–Trinajstić information content (AvgIpc) is 2.58. The lowest BCUT2D eigenvalue weighted by atomic mass is 9.94. The molecular weight excluding hydrogens is 314 g/mol. The molecule has 1 unspecified atom stereocenters. The van der Waals surface area contributed by atoms with E-state index in [-0.39, 0.29) is 5.91 Å². The Kier molecular flexibility index (Phi) is 9.55. The summed E-state index contributed by atoms with van der Waals surface area (Å²) < 4.78 is 0. The number of carbonyl (C=O) groups is 2. The number of hydrogen-bond donors (Lipinski definition) is 3. The minimum absolute atomic E-state index is 0.138. The van der Waals surface area contributed by atoms with Gasteiger partial charge in [-0.25, -0.2) is 0 Å². The van der Waals surface area contributed by atoms with Crippen molar-refractivity contribution < 1.29 is 9.59 Å². The van der Waals surface area contributed by atoms with Gasteiger partial charge in [-0.15, -0.1) is 0 Å². The Hall–Kier alpha value is -2.14. The highest BCUT2D eigenvalue weighted by molar-refractivity contribution is 5.88. The second-order valence-corrected chi connectivity index (χ2v) is 6.28. The Morgan fingerprint density at radius 2 is 1.92 bits per heavy atom. The lowest BCUT2D eigenvalue weighted by Gasteiger charge is -2.19. The second kappa shape index (κ2) is 11.4. The SMILES string of the molecule is CC/C=C(/CC(NC(=O)CCCCCN)C(N)=O)c1ccccc1C. The van der Waals surface area contributed by atoms with Gasteiger partial charge in [0, 0.05) is 12.8 Å². The summed E-state index contributed by atoms with van der Waals surface area (Å²) >= 11 is 0. The van der Waals surface area contributed by atoms with E-state index < -0.39 is 11.9 Å².